The van der Waals surface area contributed by atoms with Crippen LogP contribution in [-0.2, 0) is 6.54 Å². The zero-order valence-electron chi connectivity index (χ0n) is 13.8. The van der Waals surface area contributed by atoms with Crippen molar-refractivity contribution in [1.82, 2.24) is 14.8 Å². The van der Waals surface area contributed by atoms with Crippen LogP contribution in [0.3, 0.4) is 0 Å². The largest absolute Gasteiger partial charge is 0.478 e. The average Bonchev–Trinajstić information content (AvgIpc) is 3.21. The van der Waals surface area contributed by atoms with E-state index in [-0.39, 0.29) is 23.6 Å². The van der Waals surface area contributed by atoms with Crippen LogP contribution in [0.1, 0.15) is 21.6 Å². The number of nitrogens with two attached hydrogens (primary N) is 1. The molecule has 0 unspecified atom stereocenters. The van der Waals surface area contributed by atoms with Gasteiger partial charge in [-0.1, -0.05) is 0 Å². The van der Waals surface area contributed by atoms with Crippen LogP contribution in [0.2, 0.25) is 0 Å². The number of nitriles is 1. The topological polar surface area (TPSA) is 138 Å². The molecule has 0 saturated heterocycles. The Morgan fingerprint density at radius 2 is 2.19 bits per heavy atom. The summed E-state index contributed by atoms with van der Waals surface area (Å²) in [6, 6.07) is 5.30. The minimum Gasteiger partial charge on any atom is -0.478 e. The van der Waals surface area contributed by atoms with Crippen LogP contribution in [-0.4, -0.2) is 37.6 Å². The van der Waals surface area contributed by atoms with E-state index in [0.717, 1.165) is 0 Å². The number of aliphatic hydroxyl groups excluding tert-OH is 1. The van der Waals surface area contributed by atoms with Gasteiger partial charge in [-0.15, -0.1) is 11.3 Å². The summed E-state index contributed by atoms with van der Waals surface area (Å²) in [6.45, 7) is 2.08. The molecule has 4 N–H and O–H groups in total. The number of pyridine rings is 1. The van der Waals surface area contributed by atoms with Crippen LogP contribution in [0.25, 0.3) is 21.7 Å². The Bertz CT molecular complexity index is 1030. The van der Waals surface area contributed by atoms with Gasteiger partial charge < -0.3 is 15.9 Å². The van der Waals surface area contributed by atoms with Gasteiger partial charge in [0.2, 0.25) is 0 Å². The fourth-order valence-corrected chi connectivity index (χ4v) is 3.45. The summed E-state index contributed by atoms with van der Waals surface area (Å²) in [5, 5.41) is 33.5. The molecule has 0 saturated carbocycles. The molecule has 132 valence electrons. The van der Waals surface area contributed by atoms with Gasteiger partial charge in [-0.05, 0) is 19.1 Å². The number of aromatic carboxylic acids is 1. The van der Waals surface area contributed by atoms with Crippen LogP contribution in [0.4, 0.5) is 5.82 Å². The van der Waals surface area contributed by atoms with Crippen LogP contribution in [0.15, 0.2) is 23.7 Å². The SMILES string of the molecule is Cc1nn(CCO)cc1-c1cc(-c2cc(C(=O)O)cs2)nc(N)c1C#N. The van der Waals surface area contributed by atoms with Crippen LogP contribution in [0, 0.1) is 18.3 Å². The first-order chi connectivity index (χ1) is 12.4. The quantitative estimate of drug-likeness (QED) is 0.626. The number of hydrogen-bond acceptors (Lipinski definition) is 7. The van der Waals surface area contributed by atoms with Crippen molar-refractivity contribution in [3.05, 3.63) is 40.5 Å². The molecule has 3 aromatic rings. The summed E-state index contributed by atoms with van der Waals surface area (Å²) in [6.07, 6.45) is 1.74. The number of rotatable bonds is 5. The van der Waals surface area contributed by atoms with E-state index < -0.39 is 5.97 Å². The van der Waals surface area contributed by atoms with Gasteiger partial charge >= 0.3 is 5.97 Å². The first-order valence-corrected chi connectivity index (χ1v) is 8.50. The zero-order valence-corrected chi connectivity index (χ0v) is 14.6. The number of aromatic nitrogens is 3. The Morgan fingerprint density at radius 1 is 1.42 bits per heavy atom. The maximum Gasteiger partial charge on any atom is 0.336 e. The molecule has 0 atom stereocenters. The Balaban J connectivity index is 2.16. The molecule has 3 aromatic heterocycles. The highest BCUT2D eigenvalue weighted by atomic mass is 32.1. The van der Waals surface area contributed by atoms with Crippen LogP contribution < -0.4 is 5.73 Å². The molecule has 9 heteroatoms. The van der Waals surface area contributed by atoms with E-state index in [0.29, 0.717) is 33.9 Å². The van der Waals surface area contributed by atoms with E-state index >= 15 is 0 Å². The third-order valence-electron chi connectivity index (χ3n) is 3.82. The fourth-order valence-electron chi connectivity index (χ4n) is 2.60. The monoisotopic (exact) mass is 369 g/mol. The number of nitrogen functional groups attached to an aromatic ring is 1. The molecule has 0 aliphatic carbocycles. The molecule has 3 heterocycles. The minimum absolute atomic E-state index is 0.0530. The highest BCUT2D eigenvalue weighted by molar-refractivity contribution is 7.13. The first-order valence-electron chi connectivity index (χ1n) is 7.62. The number of carboxylic acid groups (broad SMARTS) is 1. The van der Waals surface area contributed by atoms with Crippen LogP contribution >= 0.6 is 11.3 Å². The number of carbonyl (C=O) groups is 1. The molecule has 0 radical (unpaired) electrons. The van der Waals surface area contributed by atoms with Crippen molar-refractivity contribution in [2.75, 3.05) is 12.3 Å². The first kappa shape index (κ1) is 17.6. The number of hydrogen-bond donors (Lipinski definition) is 3. The lowest BCUT2D eigenvalue weighted by molar-refractivity contribution is 0.0697. The normalized spacial score (nSPS) is 10.7. The molecular weight excluding hydrogens is 354 g/mol. The van der Waals surface area contributed by atoms with Crippen molar-refractivity contribution < 1.29 is 15.0 Å². The van der Waals surface area contributed by atoms with E-state index in [1.165, 1.54) is 22.8 Å². The van der Waals surface area contributed by atoms with E-state index in [1.807, 2.05) is 0 Å². The molecule has 3 rings (SSSR count). The van der Waals surface area contributed by atoms with E-state index in [2.05, 4.69) is 16.2 Å². The molecule has 26 heavy (non-hydrogen) atoms. The van der Waals surface area contributed by atoms with E-state index in [4.69, 9.17) is 15.9 Å². The van der Waals surface area contributed by atoms with Crippen molar-refractivity contribution in [2.24, 2.45) is 0 Å². The summed E-state index contributed by atoms with van der Waals surface area (Å²) in [5.41, 5.74) is 8.83. The van der Waals surface area contributed by atoms with Crippen molar-refractivity contribution in [1.29, 1.82) is 5.26 Å². The van der Waals surface area contributed by atoms with Crippen molar-refractivity contribution in [2.45, 2.75) is 13.5 Å². The maximum absolute atomic E-state index is 11.1. The number of thiophene rings is 1. The summed E-state index contributed by atoms with van der Waals surface area (Å²) in [5.74, 6) is -0.949. The molecule has 0 amide bonds. The second-order valence-electron chi connectivity index (χ2n) is 5.55. The Labute approximate surface area is 152 Å². The number of aliphatic hydroxyl groups is 1. The second-order valence-corrected chi connectivity index (χ2v) is 6.46. The molecule has 0 aliphatic rings. The van der Waals surface area contributed by atoms with Crippen LogP contribution in [0.5, 0.6) is 0 Å². The standard InChI is InChI=1S/C17H15N5O3S/c1-9-13(7-22(21-9)2-3-23)11-5-14(20-16(19)12(11)6-18)15-4-10(8-26-15)17(24)25/h4-5,7-8,23H,2-3H2,1H3,(H2,19,20)(H,24,25). The smallest absolute Gasteiger partial charge is 0.336 e. The number of aryl methyl sites for hydroxylation is 1. The summed E-state index contributed by atoms with van der Waals surface area (Å²) >= 11 is 1.24. The highest BCUT2D eigenvalue weighted by Gasteiger charge is 2.18. The maximum atomic E-state index is 11.1. The predicted molar refractivity (Wildman–Crippen MR) is 96.7 cm³/mol. The Kier molecular flexibility index (Phi) is 4.71. The summed E-state index contributed by atoms with van der Waals surface area (Å²) in [4.78, 5) is 16.0. The average molecular weight is 369 g/mol. The second kappa shape index (κ2) is 6.95. The van der Waals surface area contributed by atoms with Gasteiger partial charge in [-0.3, -0.25) is 4.68 Å². The zero-order chi connectivity index (χ0) is 18.8. The number of nitrogens with zero attached hydrogens (tertiary/aromatic N) is 4. The van der Waals surface area contributed by atoms with Gasteiger partial charge in [0.15, 0.2) is 0 Å². The van der Waals surface area contributed by atoms with Crippen molar-refractivity contribution in [3.63, 3.8) is 0 Å². The van der Waals surface area contributed by atoms with Gasteiger partial charge in [-0.2, -0.15) is 10.4 Å². The number of anilines is 1. The third-order valence-corrected chi connectivity index (χ3v) is 4.78. The molecule has 0 spiro atoms. The van der Waals surface area contributed by atoms with Gasteiger partial charge in [0.25, 0.3) is 0 Å². The summed E-state index contributed by atoms with van der Waals surface area (Å²) in [7, 11) is 0. The number of carboxylic acids is 1. The third kappa shape index (κ3) is 3.15. The van der Waals surface area contributed by atoms with E-state index in [9.17, 15) is 10.1 Å². The molecule has 8 nitrogen and oxygen atoms in total. The Morgan fingerprint density at radius 3 is 2.81 bits per heavy atom. The van der Waals surface area contributed by atoms with Gasteiger partial charge in [0, 0.05) is 22.7 Å². The predicted octanol–water partition coefficient (Wildman–Crippen LogP) is 2.13. The highest BCUT2D eigenvalue weighted by Crippen LogP contribution is 2.34. The Hall–Kier alpha value is -3.22. The lowest BCUT2D eigenvalue weighted by Crippen LogP contribution is -2.02. The molecule has 0 bridgehead atoms. The van der Waals surface area contributed by atoms with Crippen molar-refractivity contribution in [3.8, 4) is 27.8 Å². The van der Waals surface area contributed by atoms with Gasteiger partial charge in [0.05, 0.1) is 35.0 Å². The fraction of sp³-hybridized carbons (Fsp3) is 0.176. The van der Waals surface area contributed by atoms with Gasteiger partial charge in [-0.25, -0.2) is 9.78 Å². The molecule has 0 fully saturated rings. The molecule has 0 aromatic carbocycles. The van der Waals surface area contributed by atoms with Crippen molar-refractivity contribution >= 4 is 23.1 Å². The van der Waals surface area contributed by atoms with Gasteiger partial charge in [0.1, 0.15) is 17.5 Å². The van der Waals surface area contributed by atoms with E-state index in [1.54, 1.807) is 23.9 Å². The minimum atomic E-state index is -1.02. The lowest BCUT2D eigenvalue weighted by atomic mass is 10.0. The molecular formula is C17H15N5O3S. The summed E-state index contributed by atoms with van der Waals surface area (Å²) < 4.78 is 1.59. The molecule has 0 aliphatic heterocycles. The lowest BCUT2D eigenvalue weighted by Gasteiger charge is -2.08.